The first-order valence-corrected chi connectivity index (χ1v) is 10.6. The van der Waals surface area contributed by atoms with Crippen LogP contribution in [0.2, 0.25) is 0 Å². The molecule has 3 rings (SSSR count). The number of hydrogen-bond acceptors (Lipinski definition) is 6. The number of oxazole rings is 1. The molecule has 0 saturated carbocycles. The highest BCUT2D eigenvalue weighted by Crippen LogP contribution is 2.25. The summed E-state index contributed by atoms with van der Waals surface area (Å²) in [4.78, 5) is 29.7. The maximum absolute atomic E-state index is 12.7. The van der Waals surface area contributed by atoms with E-state index in [2.05, 4.69) is 10.3 Å². The molecule has 3 aromatic rings. The van der Waals surface area contributed by atoms with Gasteiger partial charge in [-0.05, 0) is 45.0 Å². The number of rotatable bonds is 8. The van der Waals surface area contributed by atoms with E-state index in [1.165, 1.54) is 11.8 Å². The Labute approximate surface area is 180 Å². The Hall–Kier alpha value is -3.06. The highest BCUT2D eigenvalue weighted by molar-refractivity contribution is 8.00. The predicted octanol–water partition coefficient (Wildman–Crippen LogP) is 4.62. The van der Waals surface area contributed by atoms with Gasteiger partial charge in [0, 0.05) is 16.5 Å². The number of carbonyl (C=O) groups excluding carboxylic acids is 2. The van der Waals surface area contributed by atoms with Crippen LogP contribution in [0.1, 0.15) is 35.7 Å². The van der Waals surface area contributed by atoms with Crippen molar-refractivity contribution in [1.82, 2.24) is 10.3 Å². The molecule has 0 spiro atoms. The Bertz CT molecular complexity index is 1020. The highest BCUT2D eigenvalue weighted by atomic mass is 32.2. The van der Waals surface area contributed by atoms with E-state index in [1.54, 1.807) is 25.1 Å². The molecule has 156 valence electrons. The van der Waals surface area contributed by atoms with E-state index >= 15 is 0 Å². The molecule has 7 heteroatoms. The van der Waals surface area contributed by atoms with Gasteiger partial charge in [-0.2, -0.15) is 0 Å². The number of aryl methyl sites for hydroxylation is 1. The zero-order chi connectivity index (χ0) is 21.5. The lowest BCUT2D eigenvalue weighted by Crippen LogP contribution is -2.31. The van der Waals surface area contributed by atoms with Crippen LogP contribution in [0, 0.1) is 6.92 Å². The van der Waals surface area contributed by atoms with Gasteiger partial charge in [0.15, 0.2) is 0 Å². The zero-order valence-electron chi connectivity index (χ0n) is 17.2. The first kappa shape index (κ1) is 21.6. The molecule has 1 heterocycles. The second kappa shape index (κ2) is 10.1. The third-order valence-electron chi connectivity index (χ3n) is 4.17. The third-order valence-corrected chi connectivity index (χ3v) is 5.24. The van der Waals surface area contributed by atoms with Gasteiger partial charge in [-0.25, -0.2) is 9.78 Å². The third kappa shape index (κ3) is 5.73. The largest absolute Gasteiger partial charge is 0.455 e. The topological polar surface area (TPSA) is 81.4 Å². The smallest absolute Gasteiger partial charge is 0.339 e. The van der Waals surface area contributed by atoms with Crippen LogP contribution in [0.15, 0.2) is 63.9 Å². The Kier molecular flexibility index (Phi) is 7.30. The molecule has 0 atom stereocenters. The number of hydrogen-bond donors (Lipinski definition) is 1. The van der Waals surface area contributed by atoms with Crippen molar-refractivity contribution in [3.8, 4) is 11.5 Å². The van der Waals surface area contributed by atoms with Crippen LogP contribution in [0.25, 0.3) is 11.5 Å². The number of ether oxygens (including phenoxy) is 1. The first-order valence-electron chi connectivity index (χ1n) is 9.64. The first-order chi connectivity index (χ1) is 14.4. The van der Waals surface area contributed by atoms with Gasteiger partial charge >= 0.3 is 5.97 Å². The highest BCUT2D eigenvalue weighted by Gasteiger charge is 2.17. The zero-order valence-corrected chi connectivity index (χ0v) is 18.0. The average molecular weight is 425 g/mol. The van der Waals surface area contributed by atoms with Gasteiger partial charge in [0.25, 0.3) is 0 Å². The second-order valence-electron chi connectivity index (χ2n) is 6.97. The lowest BCUT2D eigenvalue weighted by atomic mass is 10.2. The molecule has 0 bridgehead atoms. The fourth-order valence-electron chi connectivity index (χ4n) is 2.75. The number of aromatic nitrogens is 1. The molecular weight excluding hydrogens is 400 g/mol. The minimum atomic E-state index is -0.467. The molecule has 0 unspecified atom stereocenters. The van der Waals surface area contributed by atoms with Crippen molar-refractivity contribution in [3.05, 3.63) is 71.6 Å². The van der Waals surface area contributed by atoms with Crippen LogP contribution in [-0.2, 0) is 16.1 Å². The molecule has 2 aromatic carbocycles. The molecule has 30 heavy (non-hydrogen) atoms. The summed E-state index contributed by atoms with van der Waals surface area (Å²) in [5.41, 5.74) is 1.85. The lowest BCUT2D eigenvalue weighted by molar-refractivity contribution is -0.119. The van der Waals surface area contributed by atoms with Crippen LogP contribution in [0.5, 0.6) is 0 Å². The van der Waals surface area contributed by atoms with Crippen molar-refractivity contribution in [2.75, 3.05) is 5.75 Å². The van der Waals surface area contributed by atoms with Crippen molar-refractivity contribution in [2.45, 2.75) is 38.3 Å². The number of esters is 1. The summed E-state index contributed by atoms with van der Waals surface area (Å²) in [7, 11) is 0. The van der Waals surface area contributed by atoms with Crippen LogP contribution >= 0.6 is 11.8 Å². The summed E-state index contributed by atoms with van der Waals surface area (Å²) in [5, 5.41) is 2.84. The number of thioether (sulfide) groups is 1. The maximum Gasteiger partial charge on any atom is 0.339 e. The van der Waals surface area contributed by atoms with E-state index in [0.717, 1.165) is 5.56 Å². The maximum atomic E-state index is 12.7. The molecule has 0 saturated heterocycles. The second-order valence-corrected chi connectivity index (χ2v) is 7.99. The number of carbonyl (C=O) groups is 2. The average Bonchev–Trinajstić information content (AvgIpc) is 3.11. The monoisotopic (exact) mass is 424 g/mol. The van der Waals surface area contributed by atoms with Gasteiger partial charge in [-0.3, -0.25) is 4.79 Å². The molecule has 1 N–H and O–H groups in total. The molecule has 1 amide bonds. The number of benzene rings is 2. The van der Waals surface area contributed by atoms with Gasteiger partial charge in [0.05, 0.1) is 11.3 Å². The van der Waals surface area contributed by atoms with Gasteiger partial charge < -0.3 is 14.5 Å². The van der Waals surface area contributed by atoms with Crippen LogP contribution in [0.3, 0.4) is 0 Å². The summed E-state index contributed by atoms with van der Waals surface area (Å²) in [6.07, 6.45) is 0. The van der Waals surface area contributed by atoms with Gasteiger partial charge in [-0.1, -0.05) is 30.3 Å². The van der Waals surface area contributed by atoms with Gasteiger partial charge in [0.1, 0.15) is 18.1 Å². The van der Waals surface area contributed by atoms with Crippen molar-refractivity contribution in [2.24, 2.45) is 0 Å². The molecule has 0 aliphatic heterocycles. The fraction of sp³-hybridized carbons (Fsp3) is 0.261. The van der Waals surface area contributed by atoms with E-state index in [0.29, 0.717) is 27.8 Å². The predicted molar refractivity (Wildman–Crippen MR) is 116 cm³/mol. The van der Waals surface area contributed by atoms with E-state index in [1.807, 2.05) is 50.2 Å². The van der Waals surface area contributed by atoms with E-state index in [4.69, 9.17) is 9.15 Å². The summed E-state index contributed by atoms with van der Waals surface area (Å²) in [6, 6.07) is 16.7. The molecule has 0 aliphatic carbocycles. The lowest BCUT2D eigenvalue weighted by Gasteiger charge is -2.10. The van der Waals surface area contributed by atoms with Crippen LogP contribution in [0.4, 0.5) is 0 Å². The molecular formula is C23H24N2O4S. The van der Waals surface area contributed by atoms with Crippen molar-refractivity contribution in [1.29, 1.82) is 0 Å². The van der Waals surface area contributed by atoms with E-state index < -0.39 is 5.97 Å². The molecule has 0 radical (unpaired) electrons. The Morgan fingerprint density at radius 2 is 1.80 bits per heavy atom. The molecule has 1 aromatic heterocycles. The molecule has 0 fully saturated rings. The summed E-state index contributed by atoms with van der Waals surface area (Å²) < 4.78 is 11.2. The Morgan fingerprint density at radius 3 is 2.53 bits per heavy atom. The fourth-order valence-corrected chi connectivity index (χ4v) is 3.60. The number of nitrogens with zero attached hydrogens (tertiary/aromatic N) is 1. The number of nitrogens with one attached hydrogen (secondary N) is 1. The van der Waals surface area contributed by atoms with Crippen LogP contribution < -0.4 is 5.32 Å². The molecule has 6 nitrogen and oxygen atoms in total. The van der Waals surface area contributed by atoms with Crippen LogP contribution in [-0.4, -0.2) is 28.7 Å². The van der Waals surface area contributed by atoms with E-state index in [9.17, 15) is 9.59 Å². The van der Waals surface area contributed by atoms with Crippen molar-refractivity contribution < 1.29 is 18.7 Å². The normalized spacial score (nSPS) is 10.8. The Morgan fingerprint density at radius 1 is 1.10 bits per heavy atom. The summed E-state index contributed by atoms with van der Waals surface area (Å²) in [6.45, 7) is 5.61. The SMILES string of the molecule is Cc1oc(-c2ccccc2)nc1COC(=O)c1ccccc1SCC(=O)NC(C)C. The Balaban J connectivity index is 1.64. The summed E-state index contributed by atoms with van der Waals surface area (Å²) >= 11 is 1.30. The molecule has 0 aliphatic rings. The minimum Gasteiger partial charge on any atom is -0.455 e. The standard InChI is InChI=1S/C23H24N2O4S/c1-15(2)24-21(26)14-30-20-12-8-7-11-18(20)23(27)28-13-19-16(3)29-22(25-19)17-9-5-4-6-10-17/h4-12,15H,13-14H2,1-3H3,(H,24,26). The van der Waals surface area contributed by atoms with Gasteiger partial charge in [-0.15, -0.1) is 11.8 Å². The van der Waals surface area contributed by atoms with Gasteiger partial charge in [0.2, 0.25) is 11.8 Å². The van der Waals surface area contributed by atoms with Crippen molar-refractivity contribution >= 4 is 23.6 Å². The van der Waals surface area contributed by atoms with E-state index in [-0.39, 0.29) is 24.3 Å². The summed E-state index contributed by atoms with van der Waals surface area (Å²) in [5.74, 6) is 0.780. The quantitative estimate of drug-likeness (QED) is 0.420. The number of amides is 1. The minimum absolute atomic E-state index is 0.00777. The van der Waals surface area contributed by atoms with Crippen molar-refractivity contribution in [3.63, 3.8) is 0 Å².